The highest BCUT2D eigenvalue weighted by molar-refractivity contribution is 7.89. The lowest BCUT2D eigenvalue weighted by Crippen LogP contribution is -2.29. The summed E-state index contributed by atoms with van der Waals surface area (Å²) in [6.45, 7) is 0. The molecular weight excluding hydrogens is 360 g/mol. The summed E-state index contributed by atoms with van der Waals surface area (Å²) < 4.78 is 24.1. The van der Waals surface area contributed by atoms with Crippen molar-refractivity contribution in [2.45, 2.75) is 0 Å². The van der Waals surface area contributed by atoms with Gasteiger partial charge >= 0.3 is 5.69 Å². The molecule has 10 heteroatoms. The number of halogens is 1. The van der Waals surface area contributed by atoms with Crippen LogP contribution >= 0.6 is 11.6 Å². The van der Waals surface area contributed by atoms with Crippen molar-refractivity contribution in [3.8, 4) is 16.9 Å². The van der Waals surface area contributed by atoms with E-state index < -0.39 is 32.3 Å². The van der Waals surface area contributed by atoms with E-state index in [2.05, 4.69) is 0 Å². The van der Waals surface area contributed by atoms with E-state index in [1.165, 1.54) is 30.3 Å². The number of hydrogen-bond acceptors (Lipinski definition) is 6. The first-order chi connectivity index (χ1) is 11.1. The molecule has 0 saturated heterocycles. The number of carbonyl (C=O) groups is 1. The number of nitro benzene ring substituents is 1. The molecule has 0 atom stereocenters. The predicted octanol–water partition coefficient (Wildman–Crippen LogP) is 2.31. The molecule has 0 fully saturated rings. The number of sulfonamides is 1. The fourth-order valence-corrected chi connectivity index (χ4v) is 2.67. The van der Waals surface area contributed by atoms with Crippen molar-refractivity contribution in [3.63, 3.8) is 0 Å². The van der Waals surface area contributed by atoms with Gasteiger partial charge in [0.15, 0.2) is 0 Å². The van der Waals surface area contributed by atoms with Gasteiger partial charge in [-0.15, -0.1) is 0 Å². The summed E-state index contributed by atoms with van der Waals surface area (Å²) in [5.41, 5.74) is -0.272. The van der Waals surface area contributed by atoms with Crippen molar-refractivity contribution in [2.24, 2.45) is 0 Å². The topological polar surface area (TPSA) is 127 Å². The molecule has 1 amide bonds. The van der Waals surface area contributed by atoms with Crippen LogP contribution < -0.4 is 4.72 Å². The van der Waals surface area contributed by atoms with Crippen LogP contribution in [0.1, 0.15) is 10.4 Å². The van der Waals surface area contributed by atoms with Crippen LogP contribution in [0.15, 0.2) is 36.4 Å². The molecule has 0 unspecified atom stereocenters. The van der Waals surface area contributed by atoms with E-state index in [0.717, 1.165) is 12.3 Å². The molecule has 8 nitrogen and oxygen atoms in total. The number of nitrogens with zero attached hydrogens (tertiary/aromatic N) is 1. The number of benzene rings is 2. The fraction of sp³-hybridized carbons (Fsp3) is 0.0714. The third kappa shape index (κ3) is 4.00. The molecule has 0 bridgehead atoms. The smallest absolute Gasteiger partial charge is 0.312 e. The maximum Gasteiger partial charge on any atom is 0.312 e. The Morgan fingerprint density at radius 1 is 1.29 bits per heavy atom. The Morgan fingerprint density at radius 2 is 1.96 bits per heavy atom. The standard InChI is InChI=1S/C14H11ClN2O6S/c1-24(22,23)16-14(19)9-4-2-3-8(5-9)11-6-10(15)7-12(13(11)18)17(20)21/h2-7,18H,1H3,(H,16,19). The normalized spacial score (nSPS) is 11.1. The minimum absolute atomic E-state index is 0.0000430. The molecule has 0 radical (unpaired) electrons. The number of nitrogens with one attached hydrogen (secondary N) is 1. The Hall–Kier alpha value is -2.65. The van der Waals surface area contributed by atoms with Gasteiger partial charge in [0.25, 0.3) is 5.91 Å². The maximum atomic E-state index is 11.9. The number of nitro groups is 1. The second-order valence-corrected chi connectivity index (χ2v) is 7.05. The van der Waals surface area contributed by atoms with Gasteiger partial charge in [0, 0.05) is 22.2 Å². The summed E-state index contributed by atoms with van der Waals surface area (Å²) in [5, 5.41) is 21.0. The summed E-state index contributed by atoms with van der Waals surface area (Å²) in [6.07, 6.45) is 0.834. The van der Waals surface area contributed by atoms with Crippen LogP contribution in [0.25, 0.3) is 11.1 Å². The second kappa shape index (κ2) is 6.46. The van der Waals surface area contributed by atoms with Crippen molar-refractivity contribution in [2.75, 3.05) is 6.26 Å². The Kier molecular flexibility index (Phi) is 4.76. The first kappa shape index (κ1) is 17.7. The second-order valence-electron chi connectivity index (χ2n) is 4.86. The van der Waals surface area contributed by atoms with E-state index in [9.17, 15) is 28.4 Å². The van der Waals surface area contributed by atoms with Gasteiger partial charge < -0.3 is 5.11 Å². The van der Waals surface area contributed by atoms with Crippen molar-refractivity contribution in [1.29, 1.82) is 0 Å². The number of amides is 1. The molecule has 24 heavy (non-hydrogen) atoms. The number of phenolic OH excluding ortho intramolecular Hbond substituents is 1. The number of hydrogen-bond donors (Lipinski definition) is 2. The van der Waals surface area contributed by atoms with Crippen LogP contribution in [0.2, 0.25) is 5.02 Å². The SMILES string of the molecule is CS(=O)(=O)NC(=O)c1cccc(-c2cc(Cl)cc([N+](=O)[O-])c2O)c1. The molecule has 0 heterocycles. The first-order valence-corrected chi connectivity index (χ1v) is 8.65. The molecule has 0 aliphatic carbocycles. The zero-order chi connectivity index (χ0) is 18.1. The van der Waals surface area contributed by atoms with Gasteiger partial charge in [-0.05, 0) is 23.8 Å². The number of carbonyl (C=O) groups excluding carboxylic acids is 1. The molecule has 0 saturated carbocycles. The Morgan fingerprint density at radius 3 is 2.54 bits per heavy atom. The molecule has 2 aromatic rings. The van der Waals surface area contributed by atoms with Gasteiger partial charge in [0.1, 0.15) is 0 Å². The largest absolute Gasteiger partial charge is 0.502 e. The lowest BCUT2D eigenvalue weighted by atomic mass is 10.0. The third-order valence-electron chi connectivity index (χ3n) is 2.97. The van der Waals surface area contributed by atoms with Crippen LogP contribution in [0.4, 0.5) is 5.69 Å². The molecule has 0 aromatic heterocycles. The highest BCUT2D eigenvalue weighted by atomic mass is 35.5. The van der Waals surface area contributed by atoms with Crippen LogP contribution in [-0.4, -0.2) is 30.6 Å². The number of rotatable bonds is 4. The summed E-state index contributed by atoms with van der Waals surface area (Å²) in [6, 6.07) is 7.89. The van der Waals surface area contributed by atoms with E-state index in [1.54, 1.807) is 4.72 Å². The minimum Gasteiger partial charge on any atom is -0.502 e. The molecule has 126 valence electrons. The van der Waals surface area contributed by atoms with Crippen molar-refractivity contribution < 1.29 is 23.2 Å². The Balaban J connectivity index is 2.54. The Labute approximate surface area is 141 Å². The van der Waals surface area contributed by atoms with Crippen LogP contribution in [-0.2, 0) is 10.0 Å². The number of aromatic hydroxyl groups is 1. The van der Waals surface area contributed by atoms with E-state index in [1.807, 2.05) is 0 Å². The average Bonchev–Trinajstić information content (AvgIpc) is 2.47. The third-order valence-corrected chi connectivity index (χ3v) is 3.74. The molecule has 2 N–H and O–H groups in total. The van der Waals surface area contributed by atoms with Crippen LogP contribution in [0.3, 0.4) is 0 Å². The molecule has 0 aliphatic rings. The maximum absolute atomic E-state index is 11.9. The highest BCUT2D eigenvalue weighted by Crippen LogP contribution is 2.39. The number of phenols is 1. The van der Waals surface area contributed by atoms with Crippen molar-refractivity contribution in [3.05, 3.63) is 57.1 Å². The van der Waals surface area contributed by atoms with Crippen LogP contribution in [0.5, 0.6) is 5.75 Å². The van der Waals surface area contributed by atoms with E-state index in [4.69, 9.17) is 11.6 Å². The van der Waals surface area contributed by atoms with Gasteiger partial charge in [0.05, 0.1) is 11.2 Å². The molecule has 2 aromatic carbocycles. The van der Waals surface area contributed by atoms with Crippen LogP contribution in [0, 0.1) is 10.1 Å². The lowest BCUT2D eigenvalue weighted by Gasteiger charge is -2.08. The summed E-state index contributed by atoms with van der Waals surface area (Å²) in [7, 11) is -3.74. The molecule has 2 rings (SSSR count). The lowest BCUT2D eigenvalue weighted by molar-refractivity contribution is -0.385. The summed E-state index contributed by atoms with van der Waals surface area (Å²) in [4.78, 5) is 22.0. The summed E-state index contributed by atoms with van der Waals surface area (Å²) >= 11 is 5.83. The van der Waals surface area contributed by atoms with Gasteiger partial charge in [-0.3, -0.25) is 14.9 Å². The van der Waals surface area contributed by atoms with Gasteiger partial charge in [-0.1, -0.05) is 23.7 Å². The van der Waals surface area contributed by atoms with E-state index in [0.29, 0.717) is 0 Å². The average molecular weight is 371 g/mol. The fourth-order valence-electron chi connectivity index (χ4n) is 2.00. The monoisotopic (exact) mass is 370 g/mol. The van der Waals surface area contributed by atoms with Gasteiger partial charge in [-0.25, -0.2) is 13.1 Å². The molecule has 0 aliphatic heterocycles. The van der Waals surface area contributed by atoms with Crippen molar-refractivity contribution >= 4 is 33.2 Å². The predicted molar refractivity (Wildman–Crippen MR) is 87.5 cm³/mol. The highest BCUT2D eigenvalue weighted by Gasteiger charge is 2.20. The quantitative estimate of drug-likeness (QED) is 0.628. The van der Waals surface area contributed by atoms with Gasteiger partial charge in [0.2, 0.25) is 15.8 Å². The van der Waals surface area contributed by atoms with E-state index >= 15 is 0 Å². The minimum atomic E-state index is -3.74. The zero-order valence-electron chi connectivity index (χ0n) is 12.2. The molecular formula is C14H11ClN2O6S. The van der Waals surface area contributed by atoms with Gasteiger partial charge in [-0.2, -0.15) is 0 Å². The molecule has 0 spiro atoms. The first-order valence-electron chi connectivity index (χ1n) is 6.38. The van der Waals surface area contributed by atoms with Crippen molar-refractivity contribution in [1.82, 2.24) is 4.72 Å². The zero-order valence-corrected chi connectivity index (χ0v) is 13.8. The Bertz CT molecular complexity index is 942. The van der Waals surface area contributed by atoms with E-state index in [-0.39, 0.29) is 21.7 Å². The summed E-state index contributed by atoms with van der Waals surface area (Å²) in [5.74, 6) is -1.47.